The highest BCUT2D eigenvalue weighted by Crippen LogP contribution is 2.34. The molecule has 8 heteroatoms. The summed E-state index contributed by atoms with van der Waals surface area (Å²) in [4.78, 5) is 11.6. The van der Waals surface area contributed by atoms with E-state index >= 15 is 0 Å². The first-order chi connectivity index (χ1) is 15.6. The molecule has 0 spiro atoms. The molecular formula is C24H24ClN5O2. The van der Waals surface area contributed by atoms with E-state index in [9.17, 15) is 0 Å². The van der Waals surface area contributed by atoms with Crippen molar-refractivity contribution in [3.8, 4) is 28.6 Å². The van der Waals surface area contributed by atoms with Gasteiger partial charge in [0.15, 0.2) is 0 Å². The maximum atomic E-state index is 6.39. The number of hydrogen-bond acceptors (Lipinski definition) is 7. The van der Waals surface area contributed by atoms with Gasteiger partial charge in [0.05, 0.1) is 11.1 Å². The number of nitrogens with zero attached hydrogens (tertiary/aromatic N) is 4. The summed E-state index contributed by atoms with van der Waals surface area (Å²) in [7, 11) is 0. The molecule has 0 unspecified atom stereocenters. The summed E-state index contributed by atoms with van der Waals surface area (Å²) in [6.45, 7) is 7.69. The van der Waals surface area contributed by atoms with Crippen molar-refractivity contribution in [2.45, 2.75) is 20.0 Å². The molecule has 4 aromatic rings. The molecule has 1 N–H and O–H groups in total. The first-order valence-electron chi connectivity index (χ1n) is 10.7. The highest BCUT2D eigenvalue weighted by Gasteiger charge is 2.18. The molecule has 0 bridgehead atoms. The predicted molar refractivity (Wildman–Crippen MR) is 126 cm³/mol. The molecule has 0 atom stereocenters. The lowest BCUT2D eigenvalue weighted by atomic mass is 10.0. The van der Waals surface area contributed by atoms with Crippen LogP contribution in [0.1, 0.15) is 13.8 Å². The zero-order valence-corrected chi connectivity index (χ0v) is 18.8. The number of halogens is 1. The zero-order chi connectivity index (χ0) is 22.1. The second kappa shape index (κ2) is 8.76. The monoisotopic (exact) mass is 449 g/mol. The highest BCUT2D eigenvalue weighted by molar-refractivity contribution is 6.32. The minimum atomic E-state index is 0.0419. The Morgan fingerprint density at radius 3 is 2.72 bits per heavy atom. The first-order valence-corrected chi connectivity index (χ1v) is 11.1. The lowest BCUT2D eigenvalue weighted by molar-refractivity contribution is 0.242. The van der Waals surface area contributed by atoms with E-state index in [-0.39, 0.29) is 6.10 Å². The summed E-state index contributed by atoms with van der Waals surface area (Å²) in [5.74, 6) is 2.56. The van der Waals surface area contributed by atoms with Crippen molar-refractivity contribution in [1.29, 1.82) is 0 Å². The third kappa shape index (κ3) is 4.01. The molecule has 0 radical (unpaired) electrons. The largest absolute Gasteiger partial charge is 0.489 e. The van der Waals surface area contributed by atoms with Gasteiger partial charge >= 0.3 is 0 Å². The van der Waals surface area contributed by atoms with E-state index in [4.69, 9.17) is 20.9 Å². The molecule has 164 valence electrons. The number of benzene rings is 2. The van der Waals surface area contributed by atoms with Crippen molar-refractivity contribution >= 4 is 28.2 Å². The van der Waals surface area contributed by atoms with Crippen molar-refractivity contribution in [1.82, 2.24) is 20.4 Å². The van der Waals surface area contributed by atoms with E-state index in [0.29, 0.717) is 22.5 Å². The Morgan fingerprint density at radius 1 is 1.09 bits per heavy atom. The Bertz CT molecular complexity index is 1250. The molecule has 0 saturated carbocycles. The van der Waals surface area contributed by atoms with Crippen LogP contribution in [0.15, 0.2) is 53.2 Å². The average molecular weight is 450 g/mol. The molecular weight excluding hydrogens is 426 g/mol. The van der Waals surface area contributed by atoms with Crippen LogP contribution in [-0.2, 0) is 0 Å². The molecule has 5 rings (SSSR count). The Kier molecular flexibility index (Phi) is 5.68. The van der Waals surface area contributed by atoms with Crippen LogP contribution in [0.3, 0.4) is 0 Å². The Balaban J connectivity index is 1.50. The number of fused-ring (bicyclic) bond motifs is 1. The van der Waals surface area contributed by atoms with Gasteiger partial charge in [-0.2, -0.15) is 4.98 Å². The lowest BCUT2D eigenvalue weighted by Crippen LogP contribution is -2.43. The smallest absolute Gasteiger partial charge is 0.258 e. The Hall–Kier alpha value is -3.16. The quantitative estimate of drug-likeness (QED) is 0.468. The van der Waals surface area contributed by atoms with Gasteiger partial charge in [-0.1, -0.05) is 35.0 Å². The van der Waals surface area contributed by atoms with E-state index in [1.807, 2.05) is 50.4 Å². The number of hydrogen-bond donors (Lipinski definition) is 1. The van der Waals surface area contributed by atoms with Crippen molar-refractivity contribution in [3.05, 3.63) is 53.7 Å². The predicted octanol–water partition coefficient (Wildman–Crippen LogP) is 4.80. The Morgan fingerprint density at radius 2 is 1.94 bits per heavy atom. The molecule has 2 aromatic carbocycles. The number of aromatic nitrogens is 3. The number of pyridine rings is 1. The fourth-order valence-electron chi connectivity index (χ4n) is 3.95. The number of ether oxygens (including phenoxy) is 1. The number of nitrogens with one attached hydrogen (secondary N) is 1. The van der Waals surface area contributed by atoms with Crippen LogP contribution >= 0.6 is 11.6 Å². The lowest BCUT2D eigenvalue weighted by Gasteiger charge is -2.29. The summed E-state index contributed by atoms with van der Waals surface area (Å²) < 4.78 is 11.3. The third-order valence-corrected chi connectivity index (χ3v) is 5.71. The van der Waals surface area contributed by atoms with Crippen LogP contribution in [0.4, 0.5) is 5.82 Å². The van der Waals surface area contributed by atoms with Gasteiger partial charge in [0.25, 0.3) is 5.89 Å². The van der Waals surface area contributed by atoms with Crippen molar-refractivity contribution in [3.63, 3.8) is 0 Å². The average Bonchev–Trinajstić information content (AvgIpc) is 3.30. The standard InChI is InChI=1S/C24H24ClN5O2/c1-15(2)31-21-7-6-16(14-20(21)25)24-28-22(29-32-24)18-4-3-5-19-17(18)8-9-27-23(19)30-12-10-26-11-13-30/h3-9,14-15,26H,10-13H2,1-2H3. The van der Waals surface area contributed by atoms with E-state index in [0.717, 1.165) is 53.9 Å². The second-order valence-corrected chi connectivity index (χ2v) is 8.41. The maximum absolute atomic E-state index is 6.39. The first kappa shape index (κ1) is 20.7. The molecule has 3 heterocycles. The Labute approximate surface area is 191 Å². The highest BCUT2D eigenvalue weighted by atomic mass is 35.5. The molecule has 32 heavy (non-hydrogen) atoms. The van der Waals surface area contributed by atoms with Crippen LogP contribution < -0.4 is 15.0 Å². The second-order valence-electron chi connectivity index (χ2n) is 8.01. The van der Waals surface area contributed by atoms with Crippen molar-refractivity contribution in [2.24, 2.45) is 0 Å². The summed E-state index contributed by atoms with van der Waals surface area (Å²) in [6.07, 6.45) is 1.89. The fraction of sp³-hybridized carbons (Fsp3) is 0.292. The van der Waals surface area contributed by atoms with Gasteiger partial charge in [-0.05, 0) is 43.5 Å². The molecule has 0 aliphatic carbocycles. The molecule has 1 saturated heterocycles. The fourth-order valence-corrected chi connectivity index (χ4v) is 4.17. The van der Waals surface area contributed by atoms with E-state index in [1.165, 1.54) is 0 Å². The van der Waals surface area contributed by atoms with Gasteiger partial charge in [-0.3, -0.25) is 0 Å². The van der Waals surface area contributed by atoms with E-state index in [1.54, 1.807) is 6.07 Å². The molecule has 1 aliphatic heterocycles. The maximum Gasteiger partial charge on any atom is 0.258 e. The van der Waals surface area contributed by atoms with E-state index < -0.39 is 0 Å². The third-order valence-electron chi connectivity index (χ3n) is 5.41. The van der Waals surface area contributed by atoms with Gasteiger partial charge in [-0.25, -0.2) is 4.98 Å². The van der Waals surface area contributed by atoms with Crippen LogP contribution in [0, 0.1) is 0 Å². The summed E-state index contributed by atoms with van der Waals surface area (Å²) >= 11 is 6.39. The topological polar surface area (TPSA) is 76.3 Å². The number of piperazine rings is 1. The zero-order valence-electron chi connectivity index (χ0n) is 18.0. The minimum absolute atomic E-state index is 0.0419. The van der Waals surface area contributed by atoms with Gasteiger partial charge in [0.1, 0.15) is 11.6 Å². The van der Waals surface area contributed by atoms with Crippen LogP contribution in [0.5, 0.6) is 5.75 Å². The minimum Gasteiger partial charge on any atom is -0.489 e. The van der Waals surface area contributed by atoms with Gasteiger partial charge in [-0.15, -0.1) is 0 Å². The molecule has 2 aromatic heterocycles. The van der Waals surface area contributed by atoms with Crippen molar-refractivity contribution in [2.75, 3.05) is 31.1 Å². The van der Waals surface area contributed by atoms with Crippen molar-refractivity contribution < 1.29 is 9.26 Å². The SMILES string of the molecule is CC(C)Oc1ccc(-c2nc(-c3cccc4c(N5CCNCC5)nccc34)no2)cc1Cl. The summed E-state index contributed by atoms with van der Waals surface area (Å²) in [5, 5.41) is 10.3. The number of rotatable bonds is 5. The van der Waals surface area contributed by atoms with Gasteiger partial charge in [0, 0.05) is 48.9 Å². The molecule has 1 aliphatic rings. The normalized spacial score (nSPS) is 14.3. The molecule has 0 amide bonds. The summed E-state index contributed by atoms with van der Waals surface area (Å²) in [5.41, 5.74) is 1.65. The van der Waals surface area contributed by atoms with E-state index in [2.05, 4.69) is 31.4 Å². The number of anilines is 1. The van der Waals surface area contributed by atoms with Crippen LogP contribution in [-0.4, -0.2) is 47.4 Å². The molecule has 1 fully saturated rings. The van der Waals surface area contributed by atoms with Gasteiger partial charge < -0.3 is 19.5 Å². The van der Waals surface area contributed by atoms with Crippen LogP contribution in [0.2, 0.25) is 5.02 Å². The molecule has 7 nitrogen and oxygen atoms in total. The van der Waals surface area contributed by atoms with Crippen LogP contribution in [0.25, 0.3) is 33.6 Å². The summed E-state index contributed by atoms with van der Waals surface area (Å²) in [6, 6.07) is 13.6. The van der Waals surface area contributed by atoms with Gasteiger partial charge in [0.2, 0.25) is 5.82 Å².